The molecule has 10 heteroatoms. The van der Waals surface area contributed by atoms with Crippen molar-refractivity contribution >= 4 is 22.8 Å². The third-order valence-corrected chi connectivity index (χ3v) is 6.46. The smallest absolute Gasteiger partial charge is 0.337 e. The number of hydrogen-bond donors (Lipinski definition) is 3. The van der Waals surface area contributed by atoms with E-state index in [2.05, 4.69) is 10.3 Å². The van der Waals surface area contributed by atoms with Gasteiger partial charge in [-0.3, -0.25) is 4.79 Å². The number of carbonyl (C=O) groups excluding carboxylic acids is 2. The Balaban J connectivity index is 1.42. The topological polar surface area (TPSA) is 128 Å². The molecule has 39 heavy (non-hydrogen) atoms. The minimum absolute atomic E-state index is 0.0667. The largest absolute Gasteiger partial charge is 0.497 e. The first-order valence-corrected chi connectivity index (χ1v) is 12.8. The van der Waals surface area contributed by atoms with Crippen molar-refractivity contribution in [3.05, 3.63) is 77.2 Å². The van der Waals surface area contributed by atoms with Gasteiger partial charge in [0.25, 0.3) is 5.91 Å². The lowest BCUT2D eigenvalue weighted by Gasteiger charge is -2.29. The van der Waals surface area contributed by atoms with Crippen molar-refractivity contribution in [3.63, 3.8) is 0 Å². The van der Waals surface area contributed by atoms with Crippen molar-refractivity contribution in [2.24, 2.45) is 0 Å². The predicted molar refractivity (Wildman–Crippen MR) is 144 cm³/mol. The van der Waals surface area contributed by atoms with E-state index in [-0.39, 0.29) is 37.4 Å². The first-order valence-electron chi connectivity index (χ1n) is 12.8. The Hall–Kier alpha value is -3.86. The molecule has 4 rings (SSSR count). The third kappa shape index (κ3) is 7.38. The fraction of sp³-hybridized carbons (Fsp3) is 0.379. The number of amides is 1. The maximum absolute atomic E-state index is 13.1. The number of carbonyl (C=O) groups is 2. The van der Waals surface area contributed by atoms with E-state index >= 15 is 0 Å². The van der Waals surface area contributed by atoms with Crippen LogP contribution in [-0.4, -0.2) is 75.4 Å². The number of allylic oxidation sites excluding steroid dienone is 1. The summed E-state index contributed by atoms with van der Waals surface area (Å²) in [5, 5.41) is 12.9. The quantitative estimate of drug-likeness (QED) is 0.224. The number of methoxy groups -OCH3 is 2. The highest BCUT2D eigenvalue weighted by Crippen LogP contribution is 2.32. The minimum Gasteiger partial charge on any atom is -0.497 e. The van der Waals surface area contributed by atoms with Gasteiger partial charge in [-0.05, 0) is 54.0 Å². The molecule has 2 aromatic carbocycles. The Kier molecular flexibility index (Phi) is 9.96. The predicted octanol–water partition coefficient (Wildman–Crippen LogP) is 3.06. The van der Waals surface area contributed by atoms with E-state index in [1.54, 1.807) is 25.3 Å². The van der Waals surface area contributed by atoms with Crippen LogP contribution in [0.1, 0.15) is 33.8 Å². The molecule has 0 radical (unpaired) electrons. The summed E-state index contributed by atoms with van der Waals surface area (Å²) in [6.07, 6.45) is 4.14. The number of aromatic amines is 1. The fourth-order valence-corrected chi connectivity index (χ4v) is 4.43. The molecule has 0 aliphatic carbocycles. The number of ether oxygens (including phenoxy) is 5. The zero-order valence-corrected chi connectivity index (χ0v) is 22.1. The summed E-state index contributed by atoms with van der Waals surface area (Å²) >= 11 is 0. The number of hydrogen-bond acceptors (Lipinski definition) is 8. The van der Waals surface area contributed by atoms with Gasteiger partial charge >= 0.3 is 5.97 Å². The number of rotatable bonds is 13. The van der Waals surface area contributed by atoms with Gasteiger partial charge in [-0.25, -0.2) is 4.79 Å². The molecule has 0 fully saturated rings. The lowest BCUT2D eigenvalue weighted by atomic mass is 9.92. The van der Waals surface area contributed by atoms with Crippen molar-refractivity contribution in [2.45, 2.75) is 25.0 Å². The summed E-state index contributed by atoms with van der Waals surface area (Å²) in [5.74, 6) is 0.0164. The van der Waals surface area contributed by atoms with Gasteiger partial charge in [-0.15, -0.1) is 0 Å². The highest BCUT2D eigenvalue weighted by Gasteiger charge is 2.29. The standard InChI is InChI=1S/C29H34N2O8/c1-35-23-7-8-25-24(17-23)21(18-31-25)9-10-30-28(33)26-15-22(16-27(39-26)38-14-13-37-12-11-32)19-3-5-20(6-4-19)29(34)36-2/h3-8,15,17-18,22,27,31-32H,9-14,16H2,1-2H3,(H,30,33)/t22-,27+/m0/s1. The molecular formula is C29H34N2O8. The van der Waals surface area contributed by atoms with Crippen LogP contribution < -0.4 is 10.1 Å². The molecule has 2 heterocycles. The van der Waals surface area contributed by atoms with Gasteiger partial charge in [0.05, 0.1) is 46.2 Å². The van der Waals surface area contributed by atoms with Crippen molar-refractivity contribution in [1.29, 1.82) is 0 Å². The van der Waals surface area contributed by atoms with Gasteiger partial charge in [-0.1, -0.05) is 12.1 Å². The number of aliphatic hydroxyl groups is 1. The molecule has 0 unspecified atom stereocenters. The molecular weight excluding hydrogens is 504 g/mol. The van der Waals surface area contributed by atoms with Crippen LogP contribution in [0.3, 0.4) is 0 Å². The molecule has 3 aromatic rings. The molecule has 1 aliphatic rings. The van der Waals surface area contributed by atoms with Crippen molar-refractivity contribution < 1.29 is 38.4 Å². The van der Waals surface area contributed by atoms with E-state index in [1.165, 1.54) is 7.11 Å². The van der Waals surface area contributed by atoms with Crippen LogP contribution in [0.15, 0.2) is 60.5 Å². The number of aliphatic hydroxyl groups excluding tert-OH is 1. The van der Waals surface area contributed by atoms with Crippen LogP contribution in [0.5, 0.6) is 5.75 Å². The molecule has 1 amide bonds. The summed E-state index contributed by atoms with van der Waals surface area (Å²) in [5.41, 5.74) is 3.42. The Morgan fingerprint density at radius 1 is 1.10 bits per heavy atom. The molecule has 0 bridgehead atoms. The number of benzene rings is 2. The highest BCUT2D eigenvalue weighted by molar-refractivity contribution is 5.92. The second kappa shape index (κ2) is 13.8. The van der Waals surface area contributed by atoms with Crippen LogP contribution in [0.4, 0.5) is 0 Å². The molecule has 3 N–H and O–H groups in total. The SMILES string of the molecule is COC(=O)c1ccc([C@H]2C=C(C(=O)NCCc3c[nH]c4ccc(OC)cc34)O[C@@H](OCCOCCO)C2)cc1. The molecule has 0 spiro atoms. The molecule has 0 saturated heterocycles. The van der Waals surface area contributed by atoms with Gasteiger partial charge < -0.3 is 39.1 Å². The van der Waals surface area contributed by atoms with Gasteiger partial charge in [-0.2, -0.15) is 0 Å². The maximum Gasteiger partial charge on any atom is 0.337 e. The van der Waals surface area contributed by atoms with Gasteiger partial charge in [0.15, 0.2) is 5.76 Å². The Bertz CT molecular complexity index is 1280. The van der Waals surface area contributed by atoms with E-state index < -0.39 is 12.3 Å². The Morgan fingerprint density at radius 2 is 1.92 bits per heavy atom. The van der Waals surface area contributed by atoms with Crippen LogP contribution in [0.25, 0.3) is 10.9 Å². The lowest BCUT2D eigenvalue weighted by molar-refractivity contribution is -0.151. The summed E-state index contributed by atoms with van der Waals surface area (Å²) in [6.45, 7) is 1.10. The summed E-state index contributed by atoms with van der Waals surface area (Å²) < 4.78 is 27.1. The zero-order valence-electron chi connectivity index (χ0n) is 22.1. The normalized spacial score (nSPS) is 16.8. The zero-order chi connectivity index (χ0) is 27.6. The van der Waals surface area contributed by atoms with Gasteiger partial charge in [0.2, 0.25) is 6.29 Å². The molecule has 208 valence electrons. The average Bonchev–Trinajstić information content (AvgIpc) is 3.38. The van der Waals surface area contributed by atoms with E-state index in [1.807, 2.05) is 36.5 Å². The molecule has 10 nitrogen and oxygen atoms in total. The first-order chi connectivity index (χ1) is 19.0. The van der Waals surface area contributed by atoms with Gasteiger partial charge in [0.1, 0.15) is 5.75 Å². The van der Waals surface area contributed by atoms with E-state index in [9.17, 15) is 9.59 Å². The molecule has 0 saturated carbocycles. The Morgan fingerprint density at radius 3 is 2.67 bits per heavy atom. The van der Waals surface area contributed by atoms with E-state index in [4.69, 9.17) is 28.8 Å². The van der Waals surface area contributed by atoms with E-state index in [0.29, 0.717) is 31.6 Å². The van der Waals surface area contributed by atoms with E-state index in [0.717, 1.165) is 27.8 Å². The third-order valence-electron chi connectivity index (χ3n) is 6.46. The van der Waals surface area contributed by atoms with Crippen molar-refractivity contribution in [1.82, 2.24) is 10.3 Å². The number of fused-ring (bicyclic) bond motifs is 1. The highest BCUT2D eigenvalue weighted by atomic mass is 16.7. The molecule has 1 aliphatic heterocycles. The van der Waals surface area contributed by atoms with Crippen LogP contribution in [-0.2, 0) is 30.2 Å². The number of aromatic nitrogens is 1. The second-order valence-electron chi connectivity index (χ2n) is 8.97. The van der Waals surface area contributed by atoms with Crippen LogP contribution >= 0.6 is 0 Å². The summed E-state index contributed by atoms with van der Waals surface area (Å²) in [7, 11) is 2.97. The van der Waals surface area contributed by atoms with Crippen molar-refractivity contribution in [2.75, 3.05) is 47.2 Å². The maximum atomic E-state index is 13.1. The van der Waals surface area contributed by atoms with Crippen molar-refractivity contribution in [3.8, 4) is 5.75 Å². The molecule has 1 aromatic heterocycles. The Labute approximate surface area is 226 Å². The first kappa shape index (κ1) is 28.2. The second-order valence-corrected chi connectivity index (χ2v) is 8.97. The minimum atomic E-state index is -0.667. The summed E-state index contributed by atoms with van der Waals surface area (Å²) in [4.78, 5) is 28.2. The average molecular weight is 539 g/mol. The number of nitrogens with one attached hydrogen (secondary N) is 2. The summed E-state index contributed by atoms with van der Waals surface area (Å²) in [6, 6.07) is 12.9. The monoisotopic (exact) mass is 538 g/mol. The number of esters is 1. The fourth-order valence-electron chi connectivity index (χ4n) is 4.43. The van der Waals surface area contributed by atoms with Gasteiger partial charge in [0, 0.05) is 36.0 Å². The molecule has 2 atom stereocenters. The van der Waals surface area contributed by atoms with Crippen LogP contribution in [0.2, 0.25) is 0 Å². The number of H-pyrrole nitrogens is 1. The van der Waals surface area contributed by atoms with Crippen LogP contribution in [0, 0.1) is 0 Å². The lowest BCUT2D eigenvalue weighted by Crippen LogP contribution is -2.34.